The molecule has 0 aromatic rings. The summed E-state index contributed by atoms with van der Waals surface area (Å²) >= 11 is 0. The minimum absolute atomic E-state index is 0.0221. The smallest absolute Gasteiger partial charge is 0.168 e. The zero-order chi connectivity index (χ0) is 17.1. The van der Waals surface area contributed by atoms with Gasteiger partial charge in [-0.05, 0) is 30.7 Å². The van der Waals surface area contributed by atoms with Crippen molar-refractivity contribution in [2.24, 2.45) is 11.3 Å². The van der Waals surface area contributed by atoms with Gasteiger partial charge in [-0.1, -0.05) is 27.7 Å². The molecule has 0 bridgehead atoms. The van der Waals surface area contributed by atoms with Crippen LogP contribution in [0.25, 0.3) is 0 Å². The summed E-state index contributed by atoms with van der Waals surface area (Å²) in [6.45, 7) is 11.4. The second-order valence-electron chi connectivity index (χ2n) is 8.05. The van der Waals surface area contributed by atoms with E-state index < -0.39 is 0 Å². The maximum atomic E-state index is 9.48. The standard InChI is InChI=1S/C18H33NO4/c1-5-19(10-15(21)12-20)11-16-13-22-18(23-16)8-6-14(7-9-18)17(2,3)4/h12,14,16,20-21H,5-11,13H2,1-4H3/b15-12+. The molecule has 1 spiro atoms. The van der Waals surface area contributed by atoms with Gasteiger partial charge in [0.05, 0.1) is 19.3 Å². The van der Waals surface area contributed by atoms with Crippen molar-refractivity contribution in [1.29, 1.82) is 0 Å². The molecule has 5 nitrogen and oxygen atoms in total. The number of rotatable bonds is 5. The Morgan fingerprint density at radius 1 is 1.30 bits per heavy atom. The lowest BCUT2D eigenvalue weighted by Crippen LogP contribution is -2.40. The third kappa shape index (κ3) is 4.85. The predicted molar refractivity (Wildman–Crippen MR) is 90.4 cm³/mol. The first-order valence-corrected chi connectivity index (χ1v) is 8.84. The van der Waals surface area contributed by atoms with Crippen molar-refractivity contribution in [2.45, 2.75) is 65.3 Å². The van der Waals surface area contributed by atoms with Gasteiger partial charge in [0.25, 0.3) is 0 Å². The van der Waals surface area contributed by atoms with E-state index in [1.165, 1.54) is 0 Å². The van der Waals surface area contributed by atoms with Crippen molar-refractivity contribution in [3.8, 4) is 0 Å². The van der Waals surface area contributed by atoms with E-state index in [1.54, 1.807) is 0 Å². The van der Waals surface area contributed by atoms with Gasteiger partial charge in [-0.15, -0.1) is 0 Å². The molecular formula is C18H33NO4. The minimum atomic E-state index is -0.388. The summed E-state index contributed by atoms with van der Waals surface area (Å²) in [6, 6.07) is 0. The van der Waals surface area contributed by atoms with Gasteiger partial charge in [-0.3, -0.25) is 4.90 Å². The lowest BCUT2D eigenvalue weighted by molar-refractivity contribution is -0.197. The topological polar surface area (TPSA) is 62.2 Å². The highest BCUT2D eigenvalue weighted by molar-refractivity contribution is 4.91. The highest BCUT2D eigenvalue weighted by Crippen LogP contribution is 2.45. The summed E-state index contributed by atoms with van der Waals surface area (Å²) in [5.74, 6) is 0.324. The van der Waals surface area contributed by atoms with Crippen LogP contribution in [0, 0.1) is 11.3 Å². The molecule has 1 unspecified atom stereocenters. The van der Waals surface area contributed by atoms with E-state index in [9.17, 15) is 5.11 Å². The van der Waals surface area contributed by atoms with Gasteiger partial charge in [0, 0.05) is 19.4 Å². The summed E-state index contributed by atoms with van der Waals surface area (Å²) in [6.07, 6.45) is 5.04. The summed E-state index contributed by atoms with van der Waals surface area (Å²) in [7, 11) is 0. The largest absolute Gasteiger partial charge is 0.512 e. The molecule has 2 rings (SSSR count). The number of likely N-dealkylation sites (N-methyl/N-ethyl adjacent to an activating group) is 1. The Morgan fingerprint density at radius 3 is 2.48 bits per heavy atom. The van der Waals surface area contributed by atoms with Crippen LogP contribution in [-0.2, 0) is 9.47 Å². The summed E-state index contributed by atoms with van der Waals surface area (Å²) < 4.78 is 12.3. The molecule has 1 atom stereocenters. The van der Waals surface area contributed by atoms with Crippen molar-refractivity contribution >= 4 is 0 Å². The van der Waals surface area contributed by atoms with E-state index >= 15 is 0 Å². The van der Waals surface area contributed by atoms with Gasteiger partial charge in [0.15, 0.2) is 5.79 Å². The van der Waals surface area contributed by atoms with Crippen LogP contribution in [0.15, 0.2) is 12.0 Å². The molecule has 2 aliphatic rings. The highest BCUT2D eigenvalue weighted by atomic mass is 16.7. The molecule has 0 aromatic heterocycles. The van der Waals surface area contributed by atoms with Crippen LogP contribution < -0.4 is 0 Å². The number of aliphatic hydroxyl groups is 2. The predicted octanol–water partition coefficient (Wildman–Crippen LogP) is 3.61. The van der Waals surface area contributed by atoms with Crippen LogP contribution in [0.5, 0.6) is 0 Å². The number of hydrogen-bond donors (Lipinski definition) is 2. The molecule has 23 heavy (non-hydrogen) atoms. The lowest BCUT2D eigenvalue weighted by Gasteiger charge is -2.41. The second-order valence-corrected chi connectivity index (χ2v) is 8.05. The maximum absolute atomic E-state index is 9.48. The quantitative estimate of drug-likeness (QED) is 0.755. The van der Waals surface area contributed by atoms with Crippen molar-refractivity contribution in [2.75, 3.05) is 26.2 Å². The number of aliphatic hydroxyl groups excluding tert-OH is 2. The molecular weight excluding hydrogens is 294 g/mol. The van der Waals surface area contributed by atoms with Gasteiger partial charge >= 0.3 is 0 Å². The fourth-order valence-electron chi connectivity index (χ4n) is 3.76. The molecule has 5 heteroatoms. The maximum Gasteiger partial charge on any atom is 0.168 e. The average Bonchev–Trinajstić information content (AvgIpc) is 2.88. The molecule has 1 saturated heterocycles. The van der Waals surface area contributed by atoms with Gasteiger partial charge in [-0.25, -0.2) is 0 Å². The van der Waals surface area contributed by atoms with E-state index in [0.29, 0.717) is 25.1 Å². The van der Waals surface area contributed by atoms with E-state index in [-0.39, 0.29) is 17.7 Å². The van der Waals surface area contributed by atoms with E-state index in [4.69, 9.17) is 14.6 Å². The zero-order valence-corrected chi connectivity index (χ0v) is 15.0. The first kappa shape index (κ1) is 18.6. The Bertz CT molecular complexity index is 408. The van der Waals surface area contributed by atoms with Gasteiger partial charge in [0.2, 0.25) is 0 Å². The van der Waals surface area contributed by atoms with E-state index in [1.807, 2.05) is 6.92 Å². The Kier molecular flexibility index (Phi) is 5.98. The number of hydrogen-bond acceptors (Lipinski definition) is 5. The fourth-order valence-corrected chi connectivity index (χ4v) is 3.76. The van der Waals surface area contributed by atoms with Gasteiger partial charge in [0.1, 0.15) is 12.0 Å². The van der Waals surface area contributed by atoms with E-state index in [2.05, 4.69) is 25.7 Å². The Balaban J connectivity index is 1.84. The van der Waals surface area contributed by atoms with Crippen molar-refractivity contribution in [3.63, 3.8) is 0 Å². The summed E-state index contributed by atoms with van der Waals surface area (Å²) in [5.41, 5.74) is 0.354. The first-order valence-electron chi connectivity index (χ1n) is 8.84. The minimum Gasteiger partial charge on any atom is -0.512 e. The summed E-state index contributed by atoms with van der Waals surface area (Å²) in [4.78, 5) is 2.05. The molecule has 1 aliphatic heterocycles. The van der Waals surface area contributed by atoms with Gasteiger partial charge in [-0.2, -0.15) is 0 Å². The normalized spacial score (nSPS) is 32.8. The van der Waals surface area contributed by atoms with Crippen LogP contribution in [-0.4, -0.2) is 53.2 Å². The Hall–Kier alpha value is -0.780. The molecule has 1 aliphatic carbocycles. The number of nitrogens with zero attached hydrogens (tertiary/aromatic N) is 1. The molecule has 0 radical (unpaired) electrons. The molecule has 134 valence electrons. The van der Waals surface area contributed by atoms with Crippen LogP contribution in [0.2, 0.25) is 0 Å². The molecule has 1 saturated carbocycles. The molecule has 2 N–H and O–H groups in total. The van der Waals surface area contributed by atoms with E-state index in [0.717, 1.165) is 44.4 Å². The SMILES string of the molecule is CCN(C/C(O)=C\O)CC1COC2(CCC(C(C)(C)C)CC2)O1. The Morgan fingerprint density at radius 2 is 1.96 bits per heavy atom. The molecule has 0 aromatic carbocycles. The van der Waals surface area contributed by atoms with Crippen LogP contribution in [0.3, 0.4) is 0 Å². The zero-order valence-electron chi connectivity index (χ0n) is 15.0. The number of ether oxygens (including phenoxy) is 2. The fraction of sp³-hybridized carbons (Fsp3) is 0.889. The second kappa shape index (κ2) is 7.41. The van der Waals surface area contributed by atoms with Crippen molar-refractivity contribution in [3.05, 3.63) is 12.0 Å². The first-order chi connectivity index (χ1) is 10.8. The third-order valence-corrected chi connectivity index (χ3v) is 5.33. The van der Waals surface area contributed by atoms with Crippen LogP contribution in [0.1, 0.15) is 53.4 Å². The monoisotopic (exact) mass is 327 g/mol. The average molecular weight is 327 g/mol. The summed E-state index contributed by atoms with van der Waals surface area (Å²) in [5, 5.41) is 18.3. The molecule has 2 fully saturated rings. The lowest BCUT2D eigenvalue weighted by atomic mass is 9.71. The van der Waals surface area contributed by atoms with Crippen LogP contribution >= 0.6 is 0 Å². The molecule has 1 heterocycles. The highest BCUT2D eigenvalue weighted by Gasteiger charge is 2.46. The van der Waals surface area contributed by atoms with Crippen molar-refractivity contribution < 1.29 is 19.7 Å². The van der Waals surface area contributed by atoms with Gasteiger partial charge < -0.3 is 19.7 Å². The third-order valence-electron chi connectivity index (χ3n) is 5.33. The Labute approximate surface area is 140 Å². The van der Waals surface area contributed by atoms with Crippen LogP contribution in [0.4, 0.5) is 0 Å². The molecule has 0 amide bonds. The van der Waals surface area contributed by atoms with Crippen molar-refractivity contribution in [1.82, 2.24) is 4.90 Å².